The first-order chi connectivity index (χ1) is 17.9. The summed E-state index contributed by atoms with van der Waals surface area (Å²) in [4.78, 5) is 33.0. The molecule has 0 aliphatic heterocycles. The summed E-state index contributed by atoms with van der Waals surface area (Å²) < 4.78 is 11.5. The van der Waals surface area contributed by atoms with Crippen LogP contribution in [0.1, 0.15) is 63.3 Å². The molecule has 0 aliphatic carbocycles. The fraction of sp³-hybridized carbons (Fsp3) is 0.393. The van der Waals surface area contributed by atoms with E-state index in [1.165, 1.54) is 11.3 Å². The molecular formula is C28H33N5O4S. The lowest BCUT2D eigenvalue weighted by molar-refractivity contribution is 0.0408. The summed E-state index contributed by atoms with van der Waals surface area (Å²) in [6, 6.07) is 11.0. The van der Waals surface area contributed by atoms with Crippen LogP contribution in [0.15, 0.2) is 48.1 Å². The summed E-state index contributed by atoms with van der Waals surface area (Å²) in [5, 5.41) is 17.6. The second kappa shape index (κ2) is 12.0. The van der Waals surface area contributed by atoms with Crippen molar-refractivity contribution >= 4 is 29.2 Å². The van der Waals surface area contributed by atoms with Crippen molar-refractivity contribution in [3.8, 4) is 22.9 Å². The Bertz CT molecular complexity index is 1310. The van der Waals surface area contributed by atoms with E-state index in [0.29, 0.717) is 28.6 Å². The van der Waals surface area contributed by atoms with E-state index in [4.69, 9.17) is 9.47 Å². The van der Waals surface area contributed by atoms with Crippen LogP contribution in [0, 0.1) is 17.2 Å². The van der Waals surface area contributed by atoms with Gasteiger partial charge in [0.15, 0.2) is 5.01 Å². The molecule has 2 amide bonds. The molecule has 2 N–H and O–H groups in total. The number of amides is 2. The highest BCUT2D eigenvalue weighted by Gasteiger charge is 2.31. The van der Waals surface area contributed by atoms with Gasteiger partial charge in [0.05, 0.1) is 11.1 Å². The van der Waals surface area contributed by atoms with Gasteiger partial charge in [-0.2, -0.15) is 5.26 Å². The zero-order valence-corrected chi connectivity index (χ0v) is 23.3. The van der Waals surface area contributed by atoms with Gasteiger partial charge in [0, 0.05) is 17.8 Å². The van der Waals surface area contributed by atoms with Crippen molar-refractivity contribution in [3.63, 3.8) is 0 Å². The third-order valence-electron chi connectivity index (χ3n) is 5.27. The van der Waals surface area contributed by atoms with Gasteiger partial charge in [0.25, 0.3) is 5.91 Å². The van der Waals surface area contributed by atoms with Crippen LogP contribution in [0.25, 0.3) is 11.1 Å². The topological polar surface area (TPSA) is 126 Å². The minimum atomic E-state index is -0.711. The molecule has 9 nitrogen and oxygen atoms in total. The summed E-state index contributed by atoms with van der Waals surface area (Å²) >= 11 is 1.24. The third kappa shape index (κ3) is 8.28. The lowest BCUT2D eigenvalue weighted by atomic mass is 9.91. The van der Waals surface area contributed by atoms with Crippen LogP contribution in [0.4, 0.5) is 10.6 Å². The zero-order valence-electron chi connectivity index (χ0n) is 22.5. The Balaban J connectivity index is 1.76. The highest BCUT2D eigenvalue weighted by atomic mass is 32.1. The maximum atomic E-state index is 12.5. The first kappa shape index (κ1) is 28.6. The van der Waals surface area contributed by atoms with Crippen LogP contribution in [-0.4, -0.2) is 39.7 Å². The Morgan fingerprint density at radius 2 is 1.82 bits per heavy atom. The number of nitrogens with one attached hydrogen (secondary N) is 2. The molecule has 0 spiro atoms. The van der Waals surface area contributed by atoms with Crippen molar-refractivity contribution < 1.29 is 19.1 Å². The van der Waals surface area contributed by atoms with Crippen LogP contribution in [-0.2, 0) is 4.74 Å². The largest absolute Gasteiger partial charge is 0.490 e. The predicted octanol–water partition coefficient (Wildman–Crippen LogP) is 6.04. The zero-order chi connectivity index (χ0) is 27.9. The lowest BCUT2D eigenvalue weighted by Gasteiger charge is -2.33. The second-order valence-electron chi connectivity index (χ2n) is 10.6. The van der Waals surface area contributed by atoms with E-state index in [1.54, 1.807) is 42.0 Å². The van der Waals surface area contributed by atoms with Gasteiger partial charge in [-0.25, -0.2) is 14.8 Å². The first-order valence-corrected chi connectivity index (χ1v) is 13.1. The first-order valence-electron chi connectivity index (χ1n) is 12.2. The Morgan fingerprint density at radius 3 is 2.45 bits per heavy atom. The van der Waals surface area contributed by atoms with E-state index in [1.807, 2.05) is 33.8 Å². The molecule has 1 atom stereocenters. The van der Waals surface area contributed by atoms with Gasteiger partial charge in [0.1, 0.15) is 29.8 Å². The predicted molar refractivity (Wildman–Crippen MR) is 147 cm³/mol. The van der Waals surface area contributed by atoms with Crippen LogP contribution in [0.5, 0.6) is 5.75 Å². The van der Waals surface area contributed by atoms with Crippen molar-refractivity contribution in [3.05, 3.63) is 58.7 Å². The molecule has 0 saturated heterocycles. The molecule has 10 heteroatoms. The smallest absolute Gasteiger partial charge is 0.408 e. The monoisotopic (exact) mass is 535 g/mol. The fourth-order valence-corrected chi connectivity index (χ4v) is 4.47. The van der Waals surface area contributed by atoms with E-state index >= 15 is 0 Å². The standard InChI is InChI=1S/C28H33N5O4S/c1-18(2)15-28(6,33-26(35)37-27(3,4)5)17-36-22-8-7-19(13-21(22)16-29)20-9-10-30-23(14-20)32-24(34)25-31-11-12-38-25/h7-14,18H,15,17H2,1-6H3,(H,33,35)(H,30,32,34). The lowest BCUT2D eigenvalue weighted by Crippen LogP contribution is -2.52. The van der Waals surface area contributed by atoms with E-state index in [2.05, 4.69) is 40.5 Å². The van der Waals surface area contributed by atoms with E-state index in [9.17, 15) is 14.9 Å². The minimum Gasteiger partial charge on any atom is -0.490 e. The molecule has 0 aliphatic rings. The number of alkyl carbamates (subject to hydrolysis) is 1. The summed E-state index contributed by atoms with van der Waals surface area (Å²) in [7, 11) is 0. The van der Waals surface area contributed by atoms with Gasteiger partial charge < -0.3 is 20.1 Å². The number of carbonyl (C=O) groups excluding carboxylic acids is 2. The van der Waals surface area contributed by atoms with E-state index in [0.717, 1.165) is 11.1 Å². The van der Waals surface area contributed by atoms with Crippen LogP contribution in [0.2, 0.25) is 0 Å². The van der Waals surface area contributed by atoms with Gasteiger partial charge >= 0.3 is 6.09 Å². The number of hydrogen-bond donors (Lipinski definition) is 2. The number of thiazole rings is 1. The summed E-state index contributed by atoms with van der Waals surface area (Å²) in [5.41, 5.74) is 0.546. The molecular weight excluding hydrogens is 502 g/mol. The SMILES string of the molecule is CC(C)CC(C)(COc1ccc(-c2ccnc(NC(=O)c3nccs3)c2)cc1C#N)NC(=O)OC(C)(C)C. The molecule has 38 heavy (non-hydrogen) atoms. The summed E-state index contributed by atoms with van der Waals surface area (Å²) in [5.74, 6) is 0.728. The molecule has 0 radical (unpaired) electrons. The van der Waals surface area contributed by atoms with E-state index in [-0.39, 0.29) is 18.4 Å². The number of anilines is 1. The van der Waals surface area contributed by atoms with Crippen LogP contribution < -0.4 is 15.4 Å². The summed E-state index contributed by atoms with van der Waals surface area (Å²) in [6.45, 7) is 11.6. The number of carbonyl (C=O) groups is 2. The highest BCUT2D eigenvalue weighted by Crippen LogP contribution is 2.29. The number of rotatable bonds is 9. The number of aromatic nitrogens is 2. The third-order valence-corrected chi connectivity index (χ3v) is 6.04. The molecule has 0 fully saturated rings. The number of ether oxygens (including phenoxy) is 2. The Labute approximate surface area is 227 Å². The Kier molecular flexibility index (Phi) is 9.07. The Hall–Kier alpha value is -3.97. The molecule has 2 aromatic heterocycles. The second-order valence-corrected chi connectivity index (χ2v) is 11.5. The van der Waals surface area contributed by atoms with Crippen molar-refractivity contribution in [1.82, 2.24) is 15.3 Å². The highest BCUT2D eigenvalue weighted by molar-refractivity contribution is 7.11. The number of pyridine rings is 1. The molecule has 2 heterocycles. The average molecular weight is 536 g/mol. The number of hydrogen-bond acceptors (Lipinski definition) is 8. The quantitative estimate of drug-likeness (QED) is 0.342. The molecule has 0 bridgehead atoms. The van der Waals surface area contributed by atoms with E-state index < -0.39 is 17.2 Å². The van der Waals surface area contributed by atoms with Gasteiger partial charge in [-0.05, 0) is 75.4 Å². The van der Waals surface area contributed by atoms with Crippen molar-refractivity contribution in [2.24, 2.45) is 5.92 Å². The fourth-order valence-electron chi connectivity index (χ4n) is 3.94. The Morgan fingerprint density at radius 1 is 1.08 bits per heavy atom. The van der Waals surface area contributed by atoms with Crippen LogP contribution >= 0.6 is 11.3 Å². The number of nitriles is 1. The van der Waals surface area contributed by atoms with Crippen molar-refractivity contribution in [2.45, 2.75) is 59.1 Å². The normalized spacial score (nSPS) is 12.8. The summed E-state index contributed by atoms with van der Waals surface area (Å²) in [6.07, 6.45) is 3.28. The molecule has 1 aromatic carbocycles. The maximum Gasteiger partial charge on any atom is 0.408 e. The minimum absolute atomic E-state index is 0.153. The molecule has 1 unspecified atom stereocenters. The van der Waals surface area contributed by atoms with Gasteiger partial charge in [-0.3, -0.25) is 4.79 Å². The van der Waals surface area contributed by atoms with Gasteiger partial charge in [-0.15, -0.1) is 11.3 Å². The number of nitrogens with zero attached hydrogens (tertiary/aromatic N) is 3. The van der Waals surface area contributed by atoms with Crippen molar-refractivity contribution in [2.75, 3.05) is 11.9 Å². The van der Waals surface area contributed by atoms with Crippen LogP contribution in [0.3, 0.4) is 0 Å². The van der Waals surface area contributed by atoms with Gasteiger partial charge in [-0.1, -0.05) is 19.9 Å². The van der Waals surface area contributed by atoms with Gasteiger partial charge in [0.2, 0.25) is 0 Å². The molecule has 3 rings (SSSR count). The molecule has 200 valence electrons. The number of benzene rings is 1. The molecule has 0 saturated carbocycles. The molecule has 3 aromatic rings. The average Bonchev–Trinajstić information content (AvgIpc) is 3.36. The van der Waals surface area contributed by atoms with Crippen molar-refractivity contribution in [1.29, 1.82) is 5.26 Å². The maximum absolute atomic E-state index is 12.5.